The molecule has 0 spiro atoms. The van der Waals surface area contributed by atoms with E-state index in [-0.39, 0.29) is 10.9 Å². The lowest BCUT2D eigenvalue weighted by Crippen LogP contribution is -2.31. The average Bonchev–Trinajstić information content (AvgIpc) is 3.01. The summed E-state index contributed by atoms with van der Waals surface area (Å²) in [6, 6.07) is 32.7. The van der Waals surface area contributed by atoms with Crippen LogP contribution in [-0.2, 0) is 19.1 Å². The molecule has 4 aromatic carbocycles. The van der Waals surface area contributed by atoms with Crippen molar-refractivity contribution in [2.24, 2.45) is 0 Å². The Balaban J connectivity index is 1.49. The first kappa shape index (κ1) is 32.6. The third-order valence-corrected chi connectivity index (χ3v) is 7.87. The number of hydrogen-bond acceptors (Lipinski definition) is 3. The van der Waals surface area contributed by atoms with Crippen LogP contribution < -0.4 is 10.1 Å². The predicted molar refractivity (Wildman–Crippen MR) is 170 cm³/mol. The zero-order chi connectivity index (χ0) is 30.5. The quantitative estimate of drug-likeness (QED) is 0.128. The normalized spacial score (nSPS) is 11.8. The first-order chi connectivity index (χ1) is 20.8. The molecule has 0 unspecified atom stereocenters. The molecule has 0 aliphatic heterocycles. The smallest absolute Gasteiger partial charge is 0.417 e. The van der Waals surface area contributed by atoms with Crippen LogP contribution in [0.15, 0.2) is 103 Å². The van der Waals surface area contributed by atoms with E-state index < -0.39 is 11.7 Å². The second-order valence-corrected chi connectivity index (χ2v) is 11.1. The van der Waals surface area contributed by atoms with Crippen molar-refractivity contribution in [1.82, 2.24) is 10.2 Å². The van der Waals surface area contributed by atoms with Crippen LogP contribution in [0.25, 0.3) is 0 Å². The van der Waals surface area contributed by atoms with Gasteiger partial charge in [-0.3, -0.25) is 4.90 Å². The molecule has 4 rings (SSSR count). The van der Waals surface area contributed by atoms with Crippen LogP contribution in [0.2, 0.25) is 5.02 Å². The fraction of sp³-hybridized carbons (Fsp3) is 0.333. The summed E-state index contributed by atoms with van der Waals surface area (Å²) < 4.78 is 47.0. The van der Waals surface area contributed by atoms with Crippen molar-refractivity contribution in [3.05, 3.63) is 136 Å². The number of benzene rings is 4. The Morgan fingerprint density at radius 1 is 0.837 bits per heavy atom. The third kappa shape index (κ3) is 10.1. The van der Waals surface area contributed by atoms with Gasteiger partial charge in [-0.1, -0.05) is 103 Å². The van der Waals surface area contributed by atoms with E-state index in [0.717, 1.165) is 48.9 Å². The molecule has 0 atom stereocenters. The van der Waals surface area contributed by atoms with E-state index in [4.69, 9.17) is 16.3 Å². The number of ether oxygens (including phenoxy) is 1. The Labute approximate surface area is 258 Å². The summed E-state index contributed by atoms with van der Waals surface area (Å²) in [4.78, 5) is 2.19. The highest BCUT2D eigenvalue weighted by atomic mass is 35.5. The summed E-state index contributed by atoms with van der Waals surface area (Å²) in [5.41, 5.74) is 3.17. The Bertz CT molecular complexity index is 1340. The molecular formula is C36H40ClF3N2O. The number of rotatable bonds is 16. The molecule has 228 valence electrons. The van der Waals surface area contributed by atoms with Gasteiger partial charge in [-0.25, -0.2) is 0 Å². The topological polar surface area (TPSA) is 24.5 Å². The lowest BCUT2D eigenvalue weighted by molar-refractivity contribution is -0.137. The molecule has 0 aliphatic carbocycles. The van der Waals surface area contributed by atoms with Crippen molar-refractivity contribution in [3.63, 3.8) is 0 Å². The lowest BCUT2D eigenvalue weighted by Gasteiger charge is -2.29. The Hall–Kier alpha value is -3.32. The second kappa shape index (κ2) is 16.5. The Kier molecular flexibility index (Phi) is 12.5. The number of alkyl halides is 3. The highest BCUT2D eigenvalue weighted by Gasteiger charge is 2.34. The summed E-state index contributed by atoms with van der Waals surface area (Å²) in [7, 11) is 0. The minimum atomic E-state index is -4.51. The van der Waals surface area contributed by atoms with Crippen molar-refractivity contribution < 1.29 is 17.9 Å². The summed E-state index contributed by atoms with van der Waals surface area (Å²) >= 11 is 6.34. The fourth-order valence-electron chi connectivity index (χ4n) is 5.23. The molecule has 0 aromatic heterocycles. The van der Waals surface area contributed by atoms with Crippen molar-refractivity contribution in [2.45, 2.75) is 44.8 Å². The molecule has 0 fully saturated rings. The van der Waals surface area contributed by atoms with Crippen LogP contribution in [0, 0.1) is 0 Å². The number of nitrogens with zero attached hydrogens (tertiary/aromatic N) is 1. The monoisotopic (exact) mass is 608 g/mol. The first-order valence-electron chi connectivity index (χ1n) is 14.9. The van der Waals surface area contributed by atoms with Gasteiger partial charge >= 0.3 is 6.18 Å². The molecule has 43 heavy (non-hydrogen) atoms. The van der Waals surface area contributed by atoms with Crippen LogP contribution in [-0.4, -0.2) is 37.7 Å². The SMILES string of the molecule is CCCNCCc1cccc(OCCCN(Cc2cccc(C(F)(F)F)c2Cl)CC(c2ccccc2)c2ccccc2)c1. The maximum atomic E-state index is 13.6. The van der Waals surface area contributed by atoms with Gasteiger partial charge in [-0.05, 0) is 72.8 Å². The minimum Gasteiger partial charge on any atom is -0.494 e. The van der Waals surface area contributed by atoms with Crippen LogP contribution in [0.1, 0.15) is 53.5 Å². The van der Waals surface area contributed by atoms with Crippen LogP contribution in [0.3, 0.4) is 0 Å². The van der Waals surface area contributed by atoms with E-state index in [1.165, 1.54) is 11.6 Å². The van der Waals surface area contributed by atoms with Gasteiger partial charge in [-0.2, -0.15) is 13.2 Å². The number of halogens is 4. The molecule has 1 N–H and O–H groups in total. The maximum Gasteiger partial charge on any atom is 0.417 e. The maximum absolute atomic E-state index is 13.6. The Morgan fingerprint density at radius 3 is 2.16 bits per heavy atom. The highest BCUT2D eigenvalue weighted by Crippen LogP contribution is 2.37. The third-order valence-electron chi connectivity index (χ3n) is 7.43. The minimum absolute atomic E-state index is 0.0332. The van der Waals surface area contributed by atoms with E-state index >= 15 is 0 Å². The zero-order valence-corrected chi connectivity index (χ0v) is 25.4. The van der Waals surface area contributed by atoms with Gasteiger partial charge in [-0.15, -0.1) is 0 Å². The Morgan fingerprint density at radius 2 is 1.51 bits per heavy atom. The molecular weight excluding hydrogens is 569 g/mol. The molecule has 0 heterocycles. The molecule has 0 radical (unpaired) electrons. The van der Waals surface area contributed by atoms with Gasteiger partial charge in [0.2, 0.25) is 0 Å². The first-order valence-corrected chi connectivity index (χ1v) is 15.3. The van der Waals surface area contributed by atoms with E-state index in [2.05, 4.69) is 53.5 Å². The molecule has 0 amide bonds. The zero-order valence-electron chi connectivity index (χ0n) is 24.6. The van der Waals surface area contributed by atoms with E-state index in [1.54, 1.807) is 6.07 Å². The summed E-state index contributed by atoms with van der Waals surface area (Å²) in [5.74, 6) is 0.859. The molecule has 0 aliphatic rings. The van der Waals surface area contributed by atoms with Gasteiger partial charge in [0.05, 0.1) is 17.2 Å². The molecule has 3 nitrogen and oxygen atoms in total. The van der Waals surface area contributed by atoms with Crippen molar-refractivity contribution in [3.8, 4) is 5.75 Å². The average molecular weight is 609 g/mol. The molecule has 0 bridgehead atoms. The molecule has 4 aromatic rings. The summed E-state index contributed by atoms with van der Waals surface area (Å²) in [6.45, 7) is 6.11. The lowest BCUT2D eigenvalue weighted by atomic mass is 9.90. The van der Waals surface area contributed by atoms with E-state index in [1.807, 2.05) is 48.5 Å². The number of nitrogens with one attached hydrogen (secondary N) is 1. The van der Waals surface area contributed by atoms with Crippen molar-refractivity contribution >= 4 is 11.6 Å². The van der Waals surface area contributed by atoms with E-state index in [0.29, 0.717) is 38.2 Å². The van der Waals surface area contributed by atoms with Crippen molar-refractivity contribution in [2.75, 3.05) is 32.8 Å². The summed E-state index contributed by atoms with van der Waals surface area (Å²) in [6.07, 6.45) is -1.77. The van der Waals surface area contributed by atoms with Gasteiger partial charge in [0.1, 0.15) is 5.75 Å². The fourth-order valence-corrected chi connectivity index (χ4v) is 5.53. The summed E-state index contributed by atoms with van der Waals surface area (Å²) in [5, 5.41) is 3.19. The molecule has 0 saturated heterocycles. The van der Waals surface area contributed by atoms with Gasteiger partial charge in [0, 0.05) is 25.6 Å². The van der Waals surface area contributed by atoms with Gasteiger partial charge < -0.3 is 10.1 Å². The second-order valence-electron chi connectivity index (χ2n) is 10.7. The largest absolute Gasteiger partial charge is 0.494 e. The van der Waals surface area contributed by atoms with E-state index in [9.17, 15) is 13.2 Å². The van der Waals surface area contributed by atoms with Crippen molar-refractivity contribution in [1.29, 1.82) is 0 Å². The van der Waals surface area contributed by atoms with Gasteiger partial charge in [0.15, 0.2) is 0 Å². The highest BCUT2D eigenvalue weighted by molar-refractivity contribution is 6.32. The van der Waals surface area contributed by atoms with Gasteiger partial charge in [0.25, 0.3) is 0 Å². The van der Waals surface area contributed by atoms with Crippen LogP contribution in [0.5, 0.6) is 5.75 Å². The number of hydrogen-bond donors (Lipinski definition) is 1. The predicted octanol–water partition coefficient (Wildman–Crippen LogP) is 9.00. The van der Waals surface area contributed by atoms with Crippen LogP contribution in [0.4, 0.5) is 13.2 Å². The molecule has 7 heteroatoms. The standard InChI is InChI=1S/C36H40ClF3N2O/c1-2-21-41-22-20-28-12-9-18-32(25-28)43-24-11-23-42(26-31-17-10-19-34(35(31)37)36(38,39)40)27-33(29-13-5-3-6-14-29)30-15-7-4-8-16-30/h3-10,12-19,25,33,41H,2,11,20-24,26-27H2,1H3. The van der Waals surface area contributed by atoms with Crippen LogP contribution >= 0.6 is 11.6 Å². The molecule has 0 saturated carbocycles.